The molecule has 0 radical (unpaired) electrons. The number of ether oxygens (including phenoxy) is 1. The molecule has 1 fully saturated rings. The quantitative estimate of drug-likeness (QED) is 0.802. The molecule has 1 aliphatic heterocycles. The Morgan fingerprint density at radius 2 is 1.80 bits per heavy atom. The summed E-state index contributed by atoms with van der Waals surface area (Å²) in [5, 5.41) is 0.0980. The molecule has 1 saturated heterocycles. The molecule has 1 unspecified atom stereocenters. The average Bonchev–Trinajstić information content (AvgIpc) is 2.47. The minimum absolute atomic E-state index is 0.0980. The van der Waals surface area contributed by atoms with E-state index in [2.05, 4.69) is 0 Å². The molecular weight excluding hydrogens is 298 g/mol. The van der Waals surface area contributed by atoms with Crippen molar-refractivity contribution in [1.82, 2.24) is 4.31 Å². The zero-order valence-corrected chi connectivity index (χ0v) is 13.3. The van der Waals surface area contributed by atoms with Crippen molar-refractivity contribution in [3.8, 4) is 5.75 Å². The van der Waals surface area contributed by atoms with Crippen LogP contribution in [0.2, 0.25) is 0 Å². The molecule has 0 aromatic heterocycles. The highest BCUT2D eigenvalue weighted by atomic mass is 35.5. The monoisotopic (exact) mass is 317 g/mol. The van der Waals surface area contributed by atoms with Crippen molar-refractivity contribution in [2.75, 3.05) is 20.2 Å². The van der Waals surface area contributed by atoms with E-state index in [-0.39, 0.29) is 5.38 Å². The van der Waals surface area contributed by atoms with Crippen LogP contribution in [0.1, 0.15) is 19.8 Å². The van der Waals surface area contributed by atoms with E-state index in [1.165, 1.54) is 0 Å². The Morgan fingerprint density at radius 1 is 1.25 bits per heavy atom. The SMILES string of the molecule is COc1ccc(S(=O)(=O)N2CCC(C(C)Cl)CC2)cc1. The number of halogens is 1. The molecule has 0 amide bonds. The molecule has 6 heteroatoms. The molecule has 0 spiro atoms. The molecule has 4 nitrogen and oxygen atoms in total. The lowest BCUT2D eigenvalue weighted by atomic mass is 9.95. The van der Waals surface area contributed by atoms with Crippen molar-refractivity contribution in [2.24, 2.45) is 5.92 Å². The first-order valence-electron chi connectivity index (χ1n) is 6.73. The lowest BCUT2D eigenvalue weighted by Gasteiger charge is -2.32. The number of hydrogen-bond donors (Lipinski definition) is 0. The minimum atomic E-state index is -3.40. The number of rotatable bonds is 4. The first-order valence-corrected chi connectivity index (χ1v) is 8.61. The highest BCUT2D eigenvalue weighted by Gasteiger charge is 2.30. The van der Waals surface area contributed by atoms with Crippen molar-refractivity contribution < 1.29 is 13.2 Å². The maximum atomic E-state index is 12.5. The summed E-state index contributed by atoms with van der Waals surface area (Å²) in [6.07, 6.45) is 1.64. The fourth-order valence-corrected chi connectivity index (χ4v) is 4.19. The summed E-state index contributed by atoms with van der Waals surface area (Å²) in [5.41, 5.74) is 0. The summed E-state index contributed by atoms with van der Waals surface area (Å²) < 4.78 is 31.6. The van der Waals surface area contributed by atoms with Crippen molar-refractivity contribution >= 4 is 21.6 Å². The normalized spacial score (nSPS) is 19.8. The summed E-state index contributed by atoms with van der Waals surface area (Å²) >= 11 is 6.09. The van der Waals surface area contributed by atoms with Gasteiger partial charge in [-0.25, -0.2) is 8.42 Å². The summed E-state index contributed by atoms with van der Waals surface area (Å²) in [7, 11) is -1.84. The molecule has 0 aliphatic carbocycles. The fourth-order valence-electron chi connectivity index (χ4n) is 2.47. The Balaban J connectivity index is 2.11. The predicted octanol–water partition coefficient (Wildman–Crippen LogP) is 2.72. The van der Waals surface area contributed by atoms with Crippen LogP contribution in [-0.4, -0.2) is 38.3 Å². The molecule has 1 aliphatic rings. The maximum Gasteiger partial charge on any atom is 0.243 e. The van der Waals surface area contributed by atoms with Crippen LogP contribution in [-0.2, 0) is 10.0 Å². The summed E-state index contributed by atoms with van der Waals surface area (Å²) in [6.45, 7) is 3.05. The van der Waals surface area contributed by atoms with Gasteiger partial charge in [0.15, 0.2) is 0 Å². The van der Waals surface area contributed by atoms with E-state index in [4.69, 9.17) is 16.3 Å². The second kappa shape index (κ2) is 6.33. The van der Waals surface area contributed by atoms with Gasteiger partial charge in [0.1, 0.15) is 5.75 Å². The average molecular weight is 318 g/mol. The van der Waals surface area contributed by atoms with E-state index in [1.807, 2.05) is 6.92 Å². The van der Waals surface area contributed by atoms with Gasteiger partial charge in [0.25, 0.3) is 0 Å². The molecule has 2 rings (SSSR count). The second-order valence-electron chi connectivity index (χ2n) is 5.09. The standard InChI is InChI=1S/C14H20ClNO3S/c1-11(15)12-7-9-16(10-8-12)20(17,18)14-5-3-13(19-2)4-6-14/h3-6,11-12H,7-10H2,1-2H3. The van der Waals surface area contributed by atoms with E-state index >= 15 is 0 Å². The zero-order chi connectivity index (χ0) is 14.8. The van der Waals surface area contributed by atoms with E-state index in [0.29, 0.717) is 29.7 Å². The largest absolute Gasteiger partial charge is 0.497 e. The molecule has 1 aromatic rings. The van der Waals surface area contributed by atoms with Gasteiger partial charge >= 0.3 is 0 Å². The molecular formula is C14H20ClNO3S. The Labute approximate surface area is 125 Å². The number of methoxy groups -OCH3 is 1. The predicted molar refractivity (Wildman–Crippen MR) is 79.8 cm³/mol. The van der Waals surface area contributed by atoms with Gasteiger partial charge in [-0.1, -0.05) is 0 Å². The molecule has 112 valence electrons. The lowest BCUT2D eigenvalue weighted by molar-refractivity contribution is 0.271. The maximum absolute atomic E-state index is 12.5. The highest BCUT2D eigenvalue weighted by molar-refractivity contribution is 7.89. The summed E-state index contributed by atoms with van der Waals surface area (Å²) in [6, 6.07) is 6.51. The van der Waals surface area contributed by atoms with E-state index in [0.717, 1.165) is 12.8 Å². The molecule has 0 bridgehead atoms. The molecule has 0 N–H and O–H groups in total. The van der Waals surface area contributed by atoms with Crippen LogP contribution in [0.4, 0.5) is 0 Å². The molecule has 1 atom stereocenters. The molecule has 0 saturated carbocycles. The van der Waals surface area contributed by atoms with Gasteiger partial charge in [-0.05, 0) is 49.9 Å². The zero-order valence-electron chi connectivity index (χ0n) is 11.8. The smallest absolute Gasteiger partial charge is 0.243 e. The Hall–Kier alpha value is -0.780. The fraction of sp³-hybridized carbons (Fsp3) is 0.571. The van der Waals surface area contributed by atoms with Crippen LogP contribution in [0.15, 0.2) is 29.2 Å². The van der Waals surface area contributed by atoms with Crippen LogP contribution >= 0.6 is 11.6 Å². The van der Waals surface area contributed by atoms with E-state index in [1.54, 1.807) is 35.7 Å². The van der Waals surface area contributed by atoms with Gasteiger partial charge in [0.2, 0.25) is 10.0 Å². The van der Waals surface area contributed by atoms with Gasteiger partial charge < -0.3 is 4.74 Å². The lowest BCUT2D eigenvalue weighted by Crippen LogP contribution is -2.39. The van der Waals surface area contributed by atoms with E-state index in [9.17, 15) is 8.42 Å². The Kier molecular flexibility index (Phi) is 4.94. The summed E-state index contributed by atoms with van der Waals surface area (Å²) in [5.74, 6) is 1.05. The van der Waals surface area contributed by atoms with Gasteiger partial charge in [-0.2, -0.15) is 4.31 Å². The van der Waals surface area contributed by atoms with Crippen LogP contribution in [0.25, 0.3) is 0 Å². The first-order chi connectivity index (χ1) is 9.45. The topological polar surface area (TPSA) is 46.6 Å². The molecule has 1 aromatic carbocycles. The second-order valence-corrected chi connectivity index (χ2v) is 7.72. The third kappa shape index (κ3) is 3.27. The number of piperidine rings is 1. The van der Waals surface area contributed by atoms with Gasteiger partial charge in [-0.3, -0.25) is 0 Å². The minimum Gasteiger partial charge on any atom is -0.497 e. The Morgan fingerprint density at radius 3 is 2.25 bits per heavy atom. The third-order valence-electron chi connectivity index (χ3n) is 3.85. The number of alkyl halides is 1. The van der Waals surface area contributed by atoms with Crippen molar-refractivity contribution in [2.45, 2.75) is 30.0 Å². The van der Waals surface area contributed by atoms with Crippen LogP contribution in [0, 0.1) is 5.92 Å². The van der Waals surface area contributed by atoms with Gasteiger partial charge in [0, 0.05) is 18.5 Å². The number of benzene rings is 1. The third-order valence-corrected chi connectivity index (χ3v) is 6.11. The Bertz CT molecular complexity index is 534. The van der Waals surface area contributed by atoms with Crippen molar-refractivity contribution in [3.63, 3.8) is 0 Å². The van der Waals surface area contributed by atoms with Gasteiger partial charge in [0.05, 0.1) is 12.0 Å². The number of sulfonamides is 1. The van der Waals surface area contributed by atoms with Crippen LogP contribution in [0.3, 0.4) is 0 Å². The van der Waals surface area contributed by atoms with Crippen molar-refractivity contribution in [1.29, 1.82) is 0 Å². The highest BCUT2D eigenvalue weighted by Crippen LogP contribution is 2.28. The molecule has 1 heterocycles. The summed E-state index contributed by atoms with van der Waals surface area (Å²) in [4.78, 5) is 0.315. The number of nitrogens with zero attached hydrogens (tertiary/aromatic N) is 1. The van der Waals surface area contributed by atoms with Crippen molar-refractivity contribution in [3.05, 3.63) is 24.3 Å². The first kappa shape index (κ1) is 15.6. The van der Waals surface area contributed by atoms with Crippen LogP contribution < -0.4 is 4.74 Å². The van der Waals surface area contributed by atoms with Gasteiger partial charge in [-0.15, -0.1) is 11.6 Å². The van der Waals surface area contributed by atoms with E-state index < -0.39 is 10.0 Å². The molecule has 20 heavy (non-hydrogen) atoms. The van der Waals surface area contributed by atoms with Crippen LogP contribution in [0.5, 0.6) is 5.75 Å². The number of hydrogen-bond acceptors (Lipinski definition) is 3.